The summed E-state index contributed by atoms with van der Waals surface area (Å²) in [4.78, 5) is 33.3. The van der Waals surface area contributed by atoms with Gasteiger partial charge in [0, 0.05) is 6.54 Å². The highest BCUT2D eigenvalue weighted by Crippen LogP contribution is 2.18. The summed E-state index contributed by atoms with van der Waals surface area (Å²) in [6.45, 7) is 1.95. The van der Waals surface area contributed by atoms with Gasteiger partial charge in [0.1, 0.15) is 23.3 Å². The number of halogens is 1. The first-order chi connectivity index (χ1) is 16.8. The fourth-order valence-corrected chi connectivity index (χ4v) is 3.28. The molecular formula is C21H22FN7O6. The van der Waals surface area contributed by atoms with Crippen molar-refractivity contribution in [2.75, 3.05) is 20.3 Å². The Morgan fingerprint density at radius 1 is 1.26 bits per heavy atom. The van der Waals surface area contributed by atoms with Gasteiger partial charge in [0.25, 0.3) is 5.91 Å². The lowest BCUT2D eigenvalue weighted by atomic mass is 10.2. The van der Waals surface area contributed by atoms with Gasteiger partial charge < -0.3 is 24.6 Å². The number of aliphatic carboxylic acids is 1. The number of carbonyl (C=O) groups excluding carboxylic acids is 1. The van der Waals surface area contributed by atoms with Crippen LogP contribution in [0.4, 0.5) is 4.39 Å². The van der Waals surface area contributed by atoms with Crippen LogP contribution in [0.3, 0.4) is 0 Å². The van der Waals surface area contributed by atoms with Gasteiger partial charge in [-0.3, -0.25) is 4.79 Å². The highest BCUT2D eigenvalue weighted by Gasteiger charge is 2.28. The average Bonchev–Trinajstić information content (AvgIpc) is 3.31. The molecule has 0 aliphatic carbocycles. The van der Waals surface area contributed by atoms with Crippen LogP contribution in [0.2, 0.25) is 0 Å². The maximum atomic E-state index is 13.6. The minimum absolute atomic E-state index is 0.0736. The van der Waals surface area contributed by atoms with Crippen molar-refractivity contribution in [1.82, 2.24) is 35.5 Å². The third-order valence-electron chi connectivity index (χ3n) is 5.03. The van der Waals surface area contributed by atoms with E-state index in [0.717, 1.165) is 0 Å². The number of methoxy groups -OCH3 is 1. The van der Waals surface area contributed by atoms with Crippen LogP contribution in [0.25, 0.3) is 11.5 Å². The summed E-state index contributed by atoms with van der Waals surface area (Å²) >= 11 is 0. The molecule has 1 aliphatic heterocycles. The van der Waals surface area contributed by atoms with E-state index in [1.165, 1.54) is 30.1 Å². The molecular weight excluding hydrogens is 465 g/mol. The van der Waals surface area contributed by atoms with Crippen LogP contribution in [0, 0.1) is 12.7 Å². The lowest BCUT2D eigenvalue weighted by Gasteiger charge is -2.26. The van der Waals surface area contributed by atoms with Crippen LogP contribution in [-0.2, 0) is 27.4 Å². The van der Waals surface area contributed by atoms with E-state index in [-0.39, 0.29) is 43.6 Å². The molecule has 3 aromatic rings. The molecule has 2 N–H and O–H groups in total. The van der Waals surface area contributed by atoms with Gasteiger partial charge in [-0.2, -0.15) is 4.80 Å². The number of nitrogens with one attached hydrogen (secondary N) is 1. The minimum atomic E-state index is -1.08. The molecule has 1 fully saturated rings. The van der Waals surface area contributed by atoms with Gasteiger partial charge in [0.05, 0.1) is 26.9 Å². The van der Waals surface area contributed by atoms with E-state index in [1.807, 2.05) is 0 Å². The van der Waals surface area contributed by atoms with Crippen molar-refractivity contribution in [3.05, 3.63) is 47.2 Å². The van der Waals surface area contributed by atoms with E-state index in [2.05, 4.69) is 30.7 Å². The van der Waals surface area contributed by atoms with E-state index in [4.69, 9.17) is 19.3 Å². The smallest absolute Gasteiger partial charge is 0.335 e. The average molecular weight is 487 g/mol. The van der Waals surface area contributed by atoms with Gasteiger partial charge >= 0.3 is 5.97 Å². The van der Waals surface area contributed by atoms with Crippen LogP contribution in [0.5, 0.6) is 5.75 Å². The summed E-state index contributed by atoms with van der Waals surface area (Å²) in [7, 11) is 1.36. The van der Waals surface area contributed by atoms with Gasteiger partial charge in [-0.05, 0) is 35.9 Å². The van der Waals surface area contributed by atoms with Gasteiger partial charge in [0.2, 0.25) is 5.82 Å². The van der Waals surface area contributed by atoms with Crippen molar-refractivity contribution < 1.29 is 33.3 Å². The molecule has 1 aromatic carbocycles. The highest BCUT2D eigenvalue weighted by molar-refractivity contribution is 5.93. The molecule has 3 heterocycles. The molecule has 35 heavy (non-hydrogen) atoms. The zero-order valence-electron chi connectivity index (χ0n) is 18.8. The molecule has 0 saturated carbocycles. The van der Waals surface area contributed by atoms with Crippen molar-refractivity contribution >= 4 is 11.9 Å². The van der Waals surface area contributed by atoms with Crippen LogP contribution in [-0.4, -0.2) is 79.7 Å². The number of aromatic nitrogens is 6. The predicted octanol–water partition coefficient (Wildman–Crippen LogP) is 0.385. The van der Waals surface area contributed by atoms with Crippen molar-refractivity contribution in [3.63, 3.8) is 0 Å². The summed E-state index contributed by atoms with van der Waals surface area (Å²) in [5.74, 6) is -1.46. The Balaban J connectivity index is 1.40. The second-order valence-corrected chi connectivity index (χ2v) is 7.62. The molecule has 14 heteroatoms. The minimum Gasteiger partial charge on any atom is -0.494 e. The molecule has 0 spiro atoms. The van der Waals surface area contributed by atoms with Gasteiger partial charge in [0.15, 0.2) is 17.7 Å². The molecule has 1 saturated heterocycles. The zero-order valence-corrected chi connectivity index (χ0v) is 18.8. The van der Waals surface area contributed by atoms with E-state index in [1.54, 1.807) is 13.0 Å². The summed E-state index contributed by atoms with van der Waals surface area (Å²) in [5, 5.41) is 23.9. The Hall–Kier alpha value is -4.04. The van der Waals surface area contributed by atoms with Crippen molar-refractivity contribution in [3.8, 4) is 17.3 Å². The summed E-state index contributed by atoms with van der Waals surface area (Å²) in [6.07, 6.45) is -1.43. The Morgan fingerprint density at radius 2 is 2.09 bits per heavy atom. The number of tetrazole rings is 1. The van der Waals surface area contributed by atoms with Crippen LogP contribution in [0.1, 0.15) is 21.9 Å². The number of hydrogen-bond acceptors (Lipinski definition) is 10. The van der Waals surface area contributed by atoms with Gasteiger partial charge in [-0.15, -0.1) is 10.2 Å². The third kappa shape index (κ3) is 5.91. The first kappa shape index (κ1) is 24.1. The Morgan fingerprint density at radius 3 is 2.80 bits per heavy atom. The summed E-state index contributed by atoms with van der Waals surface area (Å²) in [6, 6.07) is 5.74. The first-order valence-electron chi connectivity index (χ1n) is 10.5. The SMILES string of the molecule is COc1cc(CNC(=O)c2cc(-c3nnn(C[C@@H]4CO[C@H](C(=O)O)CO4)n3)nc(C)n2)ccc1F. The molecule has 2 aromatic heterocycles. The molecule has 0 bridgehead atoms. The van der Waals surface area contributed by atoms with Crippen molar-refractivity contribution in [1.29, 1.82) is 0 Å². The van der Waals surface area contributed by atoms with Gasteiger partial charge in [-0.25, -0.2) is 19.2 Å². The number of ether oxygens (including phenoxy) is 3. The number of carboxylic acid groups (broad SMARTS) is 1. The maximum Gasteiger partial charge on any atom is 0.335 e. The predicted molar refractivity (Wildman–Crippen MR) is 115 cm³/mol. The highest BCUT2D eigenvalue weighted by atomic mass is 19.1. The second kappa shape index (κ2) is 10.5. The van der Waals surface area contributed by atoms with E-state index in [0.29, 0.717) is 17.1 Å². The number of amides is 1. The molecule has 1 aliphatic rings. The monoisotopic (exact) mass is 487 g/mol. The van der Waals surface area contributed by atoms with E-state index < -0.39 is 29.9 Å². The largest absolute Gasteiger partial charge is 0.494 e. The molecule has 2 atom stereocenters. The molecule has 0 radical (unpaired) electrons. The number of aryl methyl sites for hydroxylation is 1. The zero-order chi connectivity index (χ0) is 24.9. The number of carbonyl (C=O) groups is 2. The molecule has 4 rings (SSSR count). The number of rotatable bonds is 8. The number of nitrogens with zero attached hydrogens (tertiary/aromatic N) is 6. The van der Waals surface area contributed by atoms with Crippen LogP contribution < -0.4 is 10.1 Å². The number of benzene rings is 1. The van der Waals surface area contributed by atoms with Crippen molar-refractivity contribution in [2.45, 2.75) is 32.2 Å². The molecule has 1 amide bonds. The van der Waals surface area contributed by atoms with Crippen LogP contribution in [0.15, 0.2) is 24.3 Å². The lowest BCUT2D eigenvalue weighted by Crippen LogP contribution is -2.42. The number of carboxylic acids is 1. The lowest BCUT2D eigenvalue weighted by molar-refractivity contribution is -0.177. The fraction of sp³-hybridized carbons (Fsp3) is 0.381. The second-order valence-electron chi connectivity index (χ2n) is 7.62. The van der Waals surface area contributed by atoms with E-state index in [9.17, 15) is 14.0 Å². The normalized spacial score (nSPS) is 17.7. The number of hydrogen-bond donors (Lipinski definition) is 2. The molecule has 13 nitrogen and oxygen atoms in total. The maximum absolute atomic E-state index is 13.6. The quantitative estimate of drug-likeness (QED) is 0.451. The standard InChI is InChI=1S/C21H22FN7O6/c1-11-24-15(19-26-28-29(27-19)8-13-9-35-18(10-34-13)21(31)32)6-16(25-11)20(30)23-7-12-3-4-14(22)17(5-12)33-2/h3-6,13,18H,7-10H2,1-2H3,(H,23,30)(H,31,32)/t13-,18+/m1/s1. The van der Waals surface area contributed by atoms with Crippen LogP contribution >= 0.6 is 0 Å². The Labute approximate surface area is 198 Å². The van der Waals surface area contributed by atoms with E-state index >= 15 is 0 Å². The third-order valence-corrected chi connectivity index (χ3v) is 5.03. The first-order valence-corrected chi connectivity index (χ1v) is 10.5. The Bertz CT molecular complexity index is 1230. The molecule has 184 valence electrons. The molecule has 0 unspecified atom stereocenters. The summed E-state index contributed by atoms with van der Waals surface area (Å²) < 4.78 is 29.3. The topological polar surface area (TPSA) is 163 Å². The summed E-state index contributed by atoms with van der Waals surface area (Å²) in [5.41, 5.74) is 1.04. The Kier molecular flexibility index (Phi) is 7.22. The fourth-order valence-electron chi connectivity index (χ4n) is 3.28. The van der Waals surface area contributed by atoms with Gasteiger partial charge in [-0.1, -0.05) is 6.07 Å². The van der Waals surface area contributed by atoms with Crippen molar-refractivity contribution in [2.24, 2.45) is 0 Å².